The van der Waals surface area contributed by atoms with Crippen molar-refractivity contribution in [3.63, 3.8) is 0 Å². The third kappa shape index (κ3) is 2.77. The summed E-state index contributed by atoms with van der Waals surface area (Å²) in [6.07, 6.45) is 0.494. The lowest BCUT2D eigenvalue weighted by Crippen LogP contribution is -2.41. The minimum absolute atomic E-state index is 0.0406. The second kappa shape index (κ2) is 5.79. The van der Waals surface area contributed by atoms with E-state index in [0.29, 0.717) is 43.2 Å². The highest BCUT2D eigenvalue weighted by atomic mass is 32.2. The number of para-hydroxylation sites is 1. The molecule has 0 radical (unpaired) electrons. The number of carbonyl (C=O) groups excluding carboxylic acids is 1. The molecular weight excluding hydrogens is 306 g/mol. The lowest BCUT2D eigenvalue weighted by molar-refractivity contribution is 0.0698. The van der Waals surface area contributed by atoms with Gasteiger partial charge in [0, 0.05) is 12.6 Å². The Morgan fingerprint density at radius 3 is 2.77 bits per heavy atom. The van der Waals surface area contributed by atoms with Crippen LogP contribution in [0.3, 0.4) is 0 Å². The molecule has 2 heterocycles. The van der Waals surface area contributed by atoms with Crippen molar-refractivity contribution >= 4 is 15.7 Å². The number of nitrogens with zero attached hydrogens (tertiary/aromatic N) is 1. The highest BCUT2D eigenvalue weighted by molar-refractivity contribution is 7.91. The van der Waals surface area contributed by atoms with E-state index in [-0.39, 0.29) is 23.5 Å². The molecule has 0 aromatic heterocycles. The molecule has 0 spiro atoms. The molecule has 2 aliphatic heterocycles. The second-order valence-corrected chi connectivity index (χ2v) is 7.71. The number of fused-ring (bicyclic) bond motifs is 1. The molecule has 1 aromatic carbocycles. The van der Waals surface area contributed by atoms with Crippen LogP contribution in [-0.2, 0) is 9.84 Å². The maximum absolute atomic E-state index is 12.8. The molecule has 1 aromatic rings. The number of amides is 1. The average Bonchev–Trinajstić information content (AvgIpc) is 2.87. The fraction of sp³-hybridized carbons (Fsp3) is 0.533. The van der Waals surface area contributed by atoms with Gasteiger partial charge in [-0.25, -0.2) is 8.42 Å². The van der Waals surface area contributed by atoms with Crippen molar-refractivity contribution in [1.82, 2.24) is 4.90 Å². The van der Waals surface area contributed by atoms with Crippen molar-refractivity contribution in [2.75, 3.05) is 31.3 Å². The fourth-order valence-electron chi connectivity index (χ4n) is 2.99. The summed E-state index contributed by atoms with van der Waals surface area (Å²) in [5, 5.41) is 0. The van der Waals surface area contributed by atoms with E-state index in [9.17, 15) is 13.2 Å². The van der Waals surface area contributed by atoms with Crippen molar-refractivity contribution in [2.24, 2.45) is 0 Å². The molecule has 120 valence electrons. The first kappa shape index (κ1) is 15.1. The normalized spacial score (nSPS) is 22.3. The zero-order valence-corrected chi connectivity index (χ0v) is 13.3. The van der Waals surface area contributed by atoms with Gasteiger partial charge < -0.3 is 14.4 Å². The van der Waals surface area contributed by atoms with Crippen LogP contribution in [0.5, 0.6) is 11.5 Å². The highest BCUT2D eigenvalue weighted by Crippen LogP contribution is 2.35. The van der Waals surface area contributed by atoms with Crippen LogP contribution in [0.15, 0.2) is 18.2 Å². The van der Waals surface area contributed by atoms with Gasteiger partial charge in [-0.2, -0.15) is 0 Å². The molecular formula is C15H19NO5S. The van der Waals surface area contributed by atoms with Gasteiger partial charge in [0.2, 0.25) is 0 Å². The van der Waals surface area contributed by atoms with Crippen molar-refractivity contribution in [3.8, 4) is 11.5 Å². The molecule has 0 N–H and O–H groups in total. The molecule has 0 saturated carbocycles. The van der Waals surface area contributed by atoms with Crippen molar-refractivity contribution in [3.05, 3.63) is 23.8 Å². The second-order valence-electron chi connectivity index (χ2n) is 5.48. The molecule has 7 heteroatoms. The third-order valence-corrected chi connectivity index (χ3v) is 5.80. The van der Waals surface area contributed by atoms with Crippen molar-refractivity contribution in [1.29, 1.82) is 0 Å². The Morgan fingerprint density at radius 2 is 2.09 bits per heavy atom. The SMILES string of the molecule is CCN(C(=O)c1cccc2c1OCCO2)C1CCS(=O)(=O)C1. The summed E-state index contributed by atoms with van der Waals surface area (Å²) < 4.78 is 34.4. The Hall–Kier alpha value is -1.76. The van der Waals surface area contributed by atoms with E-state index in [1.165, 1.54) is 0 Å². The first-order chi connectivity index (χ1) is 10.5. The topological polar surface area (TPSA) is 72.9 Å². The Kier molecular flexibility index (Phi) is 3.99. The predicted molar refractivity (Wildman–Crippen MR) is 81.2 cm³/mol. The Bertz CT molecular complexity index is 685. The van der Waals surface area contributed by atoms with Gasteiger partial charge in [-0.3, -0.25) is 4.79 Å². The molecule has 0 bridgehead atoms. The molecule has 1 atom stereocenters. The third-order valence-electron chi connectivity index (χ3n) is 4.05. The van der Waals surface area contributed by atoms with Crippen LogP contribution in [0.25, 0.3) is 0 Å². The van der Waals surface area contributed by atoms with E-state index < -0.39 is 9.84 Å². The van der Waals surface area contributed by atoms with Gasteiger partial charge in [-0.15, -0.1) is 0 Å². The fourth-order valence-corrected chi connectivity index (χ4v) is 4.72. The van der Waals surface area contributed by atoms with Gasteiger partial charge in [0.15, 0.2) is 21.3 Å². The van der Waals surface area contributed by atoms with Gasteiger partial charge in [0.1, 0.15) is 13.2 Å². The predicted octanol–water partition coefficient (Wildman–Crippen LogP) is 1.11. The quantitative estimate of drug-likeness (QED) is 0.832. The largest absolute Gasteiger partial charge is 0.486 e. The molecule has 6 nitrogen and oxygen atoms in total. The van der Waals surface area contributed by atoms with E-state index in [1.54, 1.807) is 23.1 Å². The van der Waals surface area contributed by atoms with E-state index in [4.69, 9.17) is 9.47 Å². The summed E-state index contributed by atoms with van der Waals surface area (Å²) in [4.78, 5) is 14.5. The lowest BCUT2D eigenvalue weighted by Gasteiger charge is -2.28. The van der Waals surface area contributed by atoms with E-state index >= 15 is 0 Å². The molecule has 3 rings (SSSR count). The summed E-state index contributed by atoms with van der Waals surface area (Å²) in [6.45, 7) is 3.18. The maximum atomic E-state index is 12.8. The maximum Gasteiger partial charge on any atom is 0.258 e. The lowest BCUT2D eigenvalue weighted by atomic mass is 10.1. The molecule has 0 aliphatic carbocycles. The number of benzene rings is 1. The number of rotatable bonds is 3. The van der Waals surface area contributed by atoms with Crippen LogP contribution >= 0.6 is 0 Å². The van der Waals surface area contributed by atoms with Gasteiger partial charge in [-0.05, 0) is 25.5 Å². The van der Waals surface area contributed by atoms with E-state index in [1.807, 2.05) is 6.92 Å². The molecule has 2 aliphatic rings. The van der Waals surface area contributed by atoms with Crippen LogP contribution in [-0.4, -0.2) is 56.5 Å². The Morgan fingerprint density at radius 1 is 1.32 bits per heavy atom. The van der Waals surface area contributed by atoms with E-state index in [2.05, 4.69) is 0 Å². The van der Waals surface area contributed by atoms with Gasteiger partial charge in [0.25, 0.3) is 5.91 Å². The smallest absolute Gasteiger partial charge is 0.258 e. The highest BCUT2D eigenvalue weighted by Gasteiger charge is 2.35. The molecule has 22 heavy (non-hydrogen) atoms. The monoisotopic (exact) mass is 325 g/mol. The zero-order chi connectivity index (χ0) is 15.7. The molecule has 1 fully saturated rings. The average molecular weight is 325 g/mol. The number of hydrogen-bond acceptors (Lipinski definition) is 5. The van der Waals surface area contributed by atoms with Crippen LogP contribution in [0.1, 0.15) is 23.7 Å². The van der Waals surface area contributed by atoms with Gasteiger partial charge in [-0.1, -0.05) is 6.07 Å². The summed E-state index contributed by atoms with van der Waals surface area (Å²) in [7, 11) is -3.03. The van der Waals surface area contributed by atoms with Crippen LogP contribution in [0, 0.1) is 0 Å². The minimum atomic E-state index is -3.03. The van der Waals surface area contributed by atoms with Crippen molar-refractivity contribution < 1.29 is 22.7 Å². The first-order valence-electron chi connectivity index (χ1n) is 7.42. The number of ether oxygens (including phenoxy) is 2. The number of carbonyl (C=O) groups is 1. The minimum Gasteiger partial charge on any atom is -0.486 e. The Labute approximate surface area is 129 Å². The van der Waals surface area contributed by atoms with E-state index in [0.717, 1.165) is 0 Å². The summed E-state index contributed by atoms with van der Waals surface area (Å²) in [5.74, 6) is 1.00. The van der Waals surface area contributed by atoms with Crippen LogP contribution < -0.4 is 9.47 Å². The Balaban J connectivity index is 1.89. The number of hydrogen-bond donors (Lipinski definition) is 0. The van der Waals surface area contributed by atoms with Gasteiger partial charge >= 0.3 is 0 Å². The van der Waals surface area contributed by atoms with Crippen LogP contribution in [0.4, 0.5) is 0 Å². The van der Waals surface area contributed by atoms with Crippen LogP contribution in [0.2, 0.25) is 0 Å². The molecule has 1 saturated heterocycles. The molecule has 1 amide bonds. The standard InChI is InChI=1S/C15H19NO5S/c1-2-16(11-6-9-22(18,19)10-11)15(17)12-4-3-5-13-14(12)21-8-7-20-13/h3-5,11H,2,6-10H2,1H3. The summed E-state index contributed by atoms with van der Waals surface area (Å²) in [5.41, 5.74) is 0.434. The summed E-state index contributed by atoms with van der Waals surface area (Å²) >= 11 is 0. The van der Waals surface area contributed by atoms with Gasteiger partial charge in [0.05, 0.1) is 17.1 Å². The molecule has 1 unspecified atom stereocenters. The first-order valence-corrected chi connectivity index (χ1v) is 9.24. The van der Waals surface area contributed by atoms with Crippen molar-refractivity contribution in [2.45, 2.75) is 19.4 Å². The number of sulfone groups is 1. The summed E-state index contributed by atoms with van der Waals surface area (Å²) in [6, 6.07) is 4.95. The zero-order valence-electron chi connectivity index (χ0n) is 12.4.